The van der Waals surface area contributed by atoms with Gasteiger partial charge in [-0.3, -0.25) is 4.68 Å². The van der Waals surface area contributed by atoms with Crippen LogP contribution >= 0.6 is 11.8 Å². The van der Waals surface area contributed by atoms with E-state index < -0.39 is 6.10 Å². The molecule has 0 bridgehead atoms. The van der Waals surface area contributed by atoms with Gasteiger partial charge in [0, 0.05) is 16.7 Å². The van der Waals surface area contributed by atoms with Crippen molar-refractivity contribution in [3.63, 3.8) is 0 Å². The Bertz CT molecular complexity index is 540. The molecule has 4 nitrogen and oxygen atoms in total. The van der Waals surface area contributed by atoms with Crippen LogP contribution in [0.4, 0.5) is 0 Å². The van der Waals surface area contributed by atoms with Crippen molar-refractivity contribution in [1.29, 1.82) is 0 Å². The van der Waals surface area contributed by atoms with Gasteiger partial charge < -0.3 is 9.84 Å². The number of nitrogens with zero attached hydrogens (tertiary/aromatic N) is 2. The third-order valence-electron chi connectivity index (χ3n) is 2.97. The SMILES string of the molecule is COc1cnn(C(C)C)c1C(O)CSc1ccccc1. The number of thioether (sulfide) groups is 1. The first-order chi connectivity index (χ1) is 9.63. The summed E-state index contributed by atoms with van der Waals surface area (Å²) in [5.74, 6) is 1.21. The Balaban J connectivity index is 2.12. The summed E-state index contributed by atoms with van der Waals surface area (Å²) >= 11 is 1.62. The molecule has 2 aromatic rings. The number of hydrogen-bond donors (Lipinski definition) is 1. The summed E-state index contributed by atoms with van der Waals surface area (Å²) in [7, 11) is 1.60. The first kappa shape index (κ1) is 14.9. The standard InChI is InChI=1S/C15H20N2O2S/c1-11(2)17-15(14(19-3)9-16-17)13(18)10-20-12-7-5-4-6-8-12/h4-9,11,13,18H,10H2,1-3H3. The summed E-state index contributed by atoms with van der Waals surface area (Å²) < 4.78 is 7.11. The molecule has 5 heteroatoms. The van der Waals surface area contributed by atoms with Crippen LogP contribution in [-0.2, 0) is 0 Å². The second-order valence-corrected chi connectivity index (χ2v) is 5.87. The third-order valence-corrected chi connectivity index (χ3v) is 4.06. The topological polar surface area (TPSA) is 47.3 Å². The van der Waals surface area contributed by atoms with Crippen LogP contribution in [0.5, 0.6) is 5.75 Å². The van der Waals surface area contributed by atoms with E-state index in [1.165, 1.54) is 0 Å². The van der Waals surface area contributed by atoms with Gasteiger partial charge in [0.05, 0.1) is 13.3 Å². The lowest BCUT2D eigenvalue weighted by Gasteiger charge is -2.17. The van der Waals surface area contributed by atoms with Crippen LogP contribution in [0.25, 0.3) is 0 Å². The Labute approximate surface area is 123 Å². The number of benzene rings is 1. The van der Waals surface area contributed by atoms with Crippen molar-refractivity contribution in [3.05, 3.63) is 42.2 Å². The molecule has 1 heterocycles. The molecule has 1 unspecified atom stereocenters. The van der Waals surface area contributed by atoms with E-state index in [9.17, 15) is 5.11 Å². The average molecular weight is 292 g/mol. The van der Waals surface area contributed by atoms with Gasteiger partial charge in [0.1, 0.15) is 11.8 Å². The zero-order valence-corrected chi connectivity index (χ0v) is 12.8. The predicted molar refractivity (Wildman–Crippen MR) is 81.3 cm³/mol. The maximum Gasteiger partial charge on any atom is 0.162 e. The van der Waals surface area contributed by atoms with E-state index in [0.29, 0.717) is 11.5 Å². The van der Waals surface area contributed by atoms with Crippen molar-refractivity contribution in [3.8, 4) is 5.75 Å². The highest BCUT2D eigenvalue weighted by Crippen LogP contribution is 2.31. The zero-order chi connectivity index (χ0) is 14.5. The molecule has 0 saturated carbocycles. The van der Waals surface area contributed by atoms with Gasteiger partial charge in [-0.25, -0.2) is 0 Å². The lowest BCUT2D eigenvalue weighted by molar-refractivity contribution is 0.184. The van der Waals surface area contributed by atoms with Gasteiger partial charge in [0.15, 0.2) is 5.75 Å². The van der Waals surface area contributed by atoms with Crippen LogP contribution in [0.1, 0.15) is 31.7 Å². The summed E-state index contributed by atoms with van der Waals surface area (Å²) in [6.45, 7) is 4.07. The van der Waals surface area contributed by atoms with Crippen molar-refractivity contribution in [2.24, 2.45) is 0 Å². The molecule has 0 aliphatic heterocycles. The van der Waals surface area contributed by atoms with Crippen LogP contribution in [0.15, 0.2) is 41.4 Å². The summed E-state index contributed by atoms with van der Waals surface area (Å²) in [5, 5.41) is 14.7. The van der Waals surface area contributed by atoms with Crippen LogP contribution in [0.3, 0.4) is 0 Å². The lowest BCUT2D eigenvalue weighted by Crippen LogP contribution is -2.13. The predicted octanol–water partition coefficient (Wildman–Crippen LogP) is 3.30. The number of rotatable bonds is 6. The third kappa shape index (κ3) is 3.35. The molecule has 0 aliphatic rings. The van der Waals surface area contributed by atoms with Crippen molar-refractivity contribution in [2.45, 2.75) is 30.9 Å². The number of aliphatic hydroxyl groups excluding tert-OH is 1. The summed E-state index contributed by atoms with van der Waals surface area (Å²) in [6, 6.07) is 10.2. The summed E-state index contributed by atoms with van der Waals surface area (Å²) in [4.78, 5) is 1.14. The van der Waals surface area contributed by atoms with Gasteiger partial charge in [-0.05, 0) is 26.0 Å². The molecule has 1 atom stereocenters. The minimum Gasteiger partial charge on any atom is -0.493 e. The average Bonchev–Trinajstić information content (AvgIpc) is 2.90. The molecule has 108 valence electrons. The molecule has 0 amide bonds. The van der Waals surface area contributed by atoms with Gasteiger partial charge in [0.25, 0.3) is 0 Å². The molecule has 0 spiro atoms. The Kier molecular flexibility index (Phi) is 5.09. The fourth-order valence-corrected chi connectivity index (χ4v) is 2.87. The molecule has 0 aliphatic carbocycles. The largest absolute Gasteiger partial charge is 0.493 e. The second kappa shape index (κ2) is 6.81. The van der Waals surface area contributed by atoms with E-state index in [-0.39, 0.29) is 6.04 Å². The highest BCUT2D eigenvalue weighted by molar-refractivity contribution is 7.99. The van der Waals surface area contributed by atoms with Crippen molar-refractivity contribution in [2.75, 3.05) is 12.9 Å². The van der Waals surface area contributed by atoms with E-state index in [2.05, 4.69) is 5.10 Å². The number of hydrogen-bond acceptors (Lipinski definition) is 4. The second-order valence-electron chi connectivity index (χ2n) is 4.78. The van der Waals surface area contributed by atoms with E-state index in [4.69, 9.17) is 4.74 Å². The van der Waals surface area contributed by atoms with Crippen LogP contribution in [0.2, 0.25) is 0 Å². The smallest absolute Gasteiger partial charge is 0.162 e. The Morgan fingerprint density at radius 1 is 1.30 bits per heavy atom. The number of methoxy groups -OCH3 is 1. The summed E-state index contributed by atoms with van der Waals surface area (Å²) in [5.41, 5.74) is 0.742. The molecule has 2 rings (SSSR count). The molecule has 20 heavy (non-hydrogen) atoms. The van der Waals surface area contributed by atoms with E-state index >= 15 is 0 Å². The highest BCUT2D eigenvalue weighted by Gasteiger charge is 2.21. The summed E-state index contributed by atoms with van der Waals surface area (Å²) in [6.07, 6.45) is 1.05. The molecule has 0 fully saturated rings. The van der Waals surface area contributed by atoms with Crippen molar-refractivity contribution < 1.29 is 9.84 Å². The molecular weight excluding hydrogens is 272 g/mol. The Hall–Kier alpha value is -1.46. The fourth-order valence-electron chi connectivity index (χ4n) is 2.01. The first-order valence-electron chi connectivity index (χ1n) is 6.60. The van der Waals surface area contributed by atoms with E-state index in [0.717, 1.165) is 10.6 Å². The van der Waals surface area contributed by atoms with Crippen LogP contribution < -0.4 is 4.74 Å². The van der Waals surface area contributed by atoms with Crippen molar-refractivity contribution >= 4 is 11.8 Å². The van der Waals surface area contributed by atoms with Gasteiger partial charge >= 0.3 is 0 Å². The Morgan fingerprint density at radius 2 is 2.00 bits per heavy atom. The number of aromatic nitrogens is 2. The van der Waals surface area contributed by atoms with Gasteiger partial charge in [-0.2, -0.15) is 5.10 Å². The van der Waals surface area contributed by atoms with Gasteiger partial charge in [0.2, 0.25) is 0 Å². The first-order valence-corrected chi connectivity index (χ1v) is 7.59. The van der Waals surface area contributed by atoms with Crippen LogP contribution in [-0.4, -0.2) is 27.7 Å². The highest BCUT2D eigenvalue weighted by atomic mass is 32.2. The van der Waals surface area contributed by atoms with Gasteiger partial charge in [-0.1, -0.05) is 18.2 Å². The van der Waals surface area contributed by atoms with Crippen LogP contribution in [0, 0.1) is 0 Å². The molecule has 0 saturated heterocycles. The molecule has 1 N–H and O–H groups in total. The number of aliphatic hydroxyl groups is 1. The molecule has 1 aromatic heterocycles. The molecule has 0 radical (unpaired) electrons. The quantitative estimate of drug-likeness (QED) is 0.830. The zero-order valence-electron chi connectivity index (χ0n) is 12.0. The monoisotopic (exact) mass is 292 g/mol. The van der Waals surface area contributed by atoms with E-state index in [1.54, 1.807) is 25.1 Å². The maximum atomic E-state index is 10.5. The normalized spacial score (nSPS) is 12.7. The number of ether oxygens (including phenoxy) is 1. The molecule has 1 aromatic carbocycles. The molecular formula is C15H20N2O2S. The minimum atomic E-state index is -0.611. The maximum absolute atomic E-state index is 10.5. The minimum absolute atomic E-state index is 0.185. The van der Waals surface area contributed by atoms with Gasteiger partial charge in [-0.15, -0.1) is 11.8 Å². The Morgan fingerprint density at radius 3 is 2.60 bits per heavy atom. The van der Waals surface area contributed by atoms with E-state index in [1.807, 2.05) is 48.9 Å². The lowest BCUT2D eigenvalue weighted by atomic mass is 10.2. The fraction of sp³-hybridized carbons (Fsp3) is 0.400. The van der Waals surface area contributed by atoms with Crippen molar-refractivity contribution in [1.82, 2.24) is 9.78 Å².